The van der Waals surface area contributed by atoms with Gasteiger partial charge in [0.15, 0.2) is 0 Å². The van der Waals surface area contributed by atoms with Crippen molar-refractivity contribution in [1.29, 1.82) is 0 Å². The van der Waals surface area contributed by atoms with E-state index in [2.05, 4.69) is 33.4 Å². The van der Waals surface area contributed by atoms with Crippen molar-refractivity contribution >= 4 is 5.52 Å². The van der Waals surface area contributed by atoms with E-state index in [9.17, 15) is 0 Å². The molecule has 0 saturated carbocycles. The van der Waals surface area contributed by atoms with Crippen LogP contribution in [0.1, 0.15) is 5.56 Å². The van der Waals surface area contributed by atoms with Crippen LogP contribution in [0.2, 0.25) is 0 Å². The van der Waals surface area contributed by atoms with Crippen molar-refractivity contribution in [2.75, 3.05) is 0 Å². The number of pyridine rings is 1. The summed E-state index contributed by atoms with van der Waals surface area (Å²) in [5.74, 6) is 0. The first-order chi connectivity index (χ1) is 7.86. The lowest BCUT2D eigenvalue weighted by Gasteiger charge is -2.02. The predicted octanol–water partition coefficient (Wildman–Crippen LogP) is 2.70. The number of aryl methyl sites for hydroxylation is 1. The lowest BCUT2D eigenvalue weighted by atomic mass is 10.2. The van der Waals surface area contributed by atoms with Gasteiger partial charge in [0.25, 0.3) is 0 Å². The first-order valence-electron chi connectivity index (χ1n) is 5.19. The Bertz CT molecular complexity index is 626. The van der Waals surface area contributed by atoms with Gasteiger partial charge < -0.3 is 4.40 Å². The first kappa shape index (κ1) is 9.09. The summed E-state index contributed by atoms with van der Waals surface area (Å²) in [5, 5.41) is 0. The van der Waals surface area contributed by atoms with Gasteiger partial charge >= 0.3 is 0 Å². The fourth-order valence-electron chi connectivity index (χ4n) is 2.00. The maximum Gasteiger partial charge on any atom is 0.106 e. The highest BCUT2D eigenvalue weighted by molar-refractivity contribution is 5.68. The maximum absolute atomic E-state index is 4.35. The fraction of sp³-hybridized carbons (Fsp3) is 0.0769. The van der Waals surface area contributed by atoms with Gasteiger partial charge in [-0.3, -0.25) is 9.97 Å². The molecule has 0 unspecified atom stereocenters. The normalized spacial score (nSPS) is 10.8. The third-order valence-corrected chi connectivity index (χ3v) is 2.68. The molecule has 0 atom stereocenters. The van der Waals surface area contributed by atoms with Crippen molar-refractivity contribution in [1.82, 2.24) is 14.4 Å². The standard InChI is InChI=1S/C13H11N3/c1-10-8-11-4-2-3-7-16(11)13(10)12-9-14-5-6-15-12/h2-9H,1H3. The highest BCUT2D eigenvalue weighted by atomic mass is 14.9. The Morgan fingerprint density at radius 2 is 2.12 bits per heavy atom. The summed E-state index contributed by atoms with van der Waals surface area (Å²) in [6, 6.07) is 8.30. The van der Waals surface area contributed by atoms with Crippen LogP contribution in [0.15, 0.2) is 49.1 Å². The van der Waals surface area contributed by atoms with Crippen LogP contribution in [0, 0.1) is 6.92 Å². The molecule has 0 radical (unpaired) electrons. The minimum atomic E-state index is 0.909. The minimum Gasteiger partial charge on any atom is -0.315 e. The zero-order valence-electron chi connectivity index (χ0n) is 8.96. The predicted molar refractivity (Wildman–Crippen MR) is 63.2 cm³/mol. The molecule has 0 bridgehead atoms. The van der Waals surface area contributed by atoms with Crippen molar-refractivity contribution in [3.8, 4) is 11.4 Å². The van der Waals surface area contributed by atoms with Gasteiger partial charge in [-0.2, -0.15) is 0 Å². The Morgan fingerprint density at radius 1 is 1.19 bits per heavy atom. The molecule has 0 aliphatic carbocycles. The third-order valence-electron chi connectivity index (χ3n) is 2.68. The fourth-order valence-corrected chi connectivity index (χ4v) is 2.00. The first-order valence-corrected chi connectivity index (χ1v) is 5.19. The van der Waals surface area contributed by atoms with E-state index in [1.807, 2.05) is 18.3 Å². The van der Waals surface area contributed by atoms with Crippen LogP contribution in [-0.4, -0.2) is 14.4 Å². The second-order valence-corrected chi connectivity index (χ2v) is 3.76. The van der Waals surface area contributed by atoms with Crippen LogP contribution >= 0.6 is 0 Å². The second-order valence-electron chi connectivity index (χ2n) is 3.76. The Hall–Kier alpha value is -2.16. The van der Waals surface area contributed by atoms with Gasteiger partial charge in [-0.05, 0) is 30.7 Å². The molecule has 0 saturated heterocycles. The molecule has 0 amide bonds. The molecule has 3 rings (SSSR count). The zero-order valence-corrected chi connectivity index (χ0v) is 8.96. The summed E-state index contributed by atoms with van der Waals surface area (Å²) in [5.41, 5.74) is 4.42. The van der Waals surface area contributed by atoms with Gasteiger partial charge in [-0.25, -0.2) is 0 Å². The van der Waals surface area contributed by atoms with Crippen molar-refractivity contribution in [3.05, 3.63) is 54.6 Å². The van der Waals surface area contributed by atoms with E-state index in [1.54, 1.807) is 18.6 Å². The molecule has 0 aliphatic heterocycles. The highest BCUT2D eigenvalue weighted by Crippen LogP contribution is 2.24. The zero-order chi connectivity index (χ0) is 11.0. The van der Waals surface area contributed by atoms with E-state index in [0.29, 0.717) is 0 Å². The molecule has 16 heavy (non-hydrogen) atoms. The summed E-state index contributed by atoms with van der Waals surface area (Å²) in [6.07, 6.45) is 7.25. The quantitative estimate of drug-likeness (QED) is 0.616. The number of rotatable bonds is 1. The lowest BCUT2D eigenvalue weighted by Crippen LogP contribution is -1.91. The minimum absolute atomic E-state index is 0.909. The van der Waals surface area contributed by atoms with E-state index in [1.165, 1.54) is 11.1 Å². The summed E-state index contributed by atoms with van der Waals surface area (Å²) < 4.78 is 2.14. The summed E-state index contributed by atoms with van der Waals surface area (Å²) in [7, 11) is 0. The van der Waals surface area contributed by atoms with Crippen LogP contribution in [0.4, 0.5) is 0 Å². The Balaban J connectivity index is 2.35. The van der Waals surface area contributed by atoms with Gasteiger partial charge in [0.2, 0.25) is 0 Å². The molecule has 0 spiro atoms. The van der Waals surface area contributed by atoms with E-state index < -0.39 is 0 Å². The summed E-state index contributed by atoms with van der Waals surface area (Å²) in [4.78, 5) is 8.46. The monoisotopic (exact) mass is 209 g/mol. The van der Waals surface area contributed by atoms with E-state index in [-0.39, 0.29) is 0 Å². The Morgan fingerprint density at radius 3 is 2.94 bits per heavy atom. The Labute approximate surface area is 93.4 Å². The molecule has 3 aromatic heterocycles. The smallest absolute Gasteiger partial charge is 0.106 e. The van der Waals surface area contributed by atoms with Crippen LogP contribution in [0.3, 0.4) is 0 Å². The molecule has 78 valence electrons. The van der Waals surface area contributed by atoms with Gasteiger partial charge in [-0.15, -0.1) is 0 Å². The van der Waals surface area contributed by atoms with Crippen LogP contribution in [0.5, 0.6) is 0 Å². The summed E-state index contributed by atoms with van der Waals surface area (Å²) >= 11 is 0. The van der Waals surface area contributed by atoms with E-state index in [4.69, 9.17) is 0 Å². The maximum atomic E-state index is 4.35. The number of fused-ring (bicyclic) bond motifs is 1. The number of hydrogen-bond donors (Lipinski definition) is 0. The SMILES string of the molecule is Cc1cc2ccccn2c1-c1cnccn1. The molecule has 0 aromatic carbocycles. The molecular weight excluding hydrogens is 198 g/mol. The van der Waals surface area contributed by atoms with Gasteiger partial charge in [0, 0.05) is 24.1 Å². The Kier molecular flexibility index (Phi) is 1.96. The van der Waals surface area contributed by atoms with Crippen molar-refractivity contribution in [3.63, 3.8) is 0 Å². The highest BCUT2D eigenvalue weighted by Gasteiger charge is 2.09. The van der Waals surface area contributed by atoms with Gasteiger partial charge in [-0.1, -0.05) is 6.07 Å². The molecule has 3 heteroatoms. The number of aromatic nitrogens is 3. The molecule has 3 aromatic rings. The average molecular weight is 209 g/mol. The largest absolute Gasteiger partial charge is 0.315 e. The second kappa shape index (κ2) is 3.45. The lowest BCUT2D eigenvalue weighted by molar-refractivity contribution is 1.13. The van der Waals surface area contributed by atoms with Crippen LogP contribution < -0.4 is 0 Å². The van der Waals surface area contributed by atoms with Crippen LogP contribution in [-0.2, 0) is 0 Å². The van der Waals surface area contributed by atoms with E-state index >= 15 is 0 Å². The number of hydrogen-bond acceptors (Lipinski definition) is 2. The average Bonchev–Trinajstić information content (AvgIpc) is 2.66. The topological polar surface area (TPSA) is 30.2 Å². The van der Waals surface area contributed by atoms with Crippen molar-refractivity contribution in [2.45, 2.75) is 6.92 Å². The van der Waals surface area contributed by atoms with Crippen molar-refractivity contribution < 1.29 is 0 Å². The molecule has 3 nitrogen and oxygen atoms in total. The van der Waals surface area contributed by atoms with E-state index in [0.717, 1.165) is 11.4 Å². The molecular formula is C13H11N3. The van der Waals surface area contributed by atoms with Gasteiger partial charge in [0.05, 0.1) is 11.9 Å². The molecule has 0 N–H and O–H groups in total. The third kappa shape index (κ3) is 1.29. The van der Waals surface area contributed by atoms with Crippen molar-refractivity contribution in [2.24, 2.45) is 0 Å². The molecule has 3 heterocycles. The molecule has 0 aliphatic rings. The van der Waals surface area contributed by atoms with Gasteiger partial charge in [0.1, 0.15) is 5.69 Å². The van der Waals surface area contributed by atoms with Crippen LogP contribution in [0.25, 0.3) is 16.9 Å². The number of nitrogens with zero attached hydrogens (tertiary/aromatic N) is 3. The molecule has 0 fully saturated rings. The summed E-state index contributed by atoms with van der Waals surface area (Å²) in [6.45, 7) is 2.09.